The number of nitrogens with one attached hydrogen (secondary N) is 1. The van der Waals surface area contributed by atoms with E-state index < -0.39 is 36.2 Å². The van der Waals surface area contributed by atoms with Gasteiger partial charge in [0, 0.05) is 12.1 Å². The summed E-state index contributed by atoms with van der Waals surface area (Å²) in [6.07, 6.45) is -0.495. The molecule has 1 fully saturated rings. The van der Waals surface area contributed by atoms with Crippen LogP contribution in [0.1, 0.15) is 40.7 Å². The van der Waals surface area contributed by atoms with Gasteiger partial charge in [0.05, 0.1) is 13.0 Å². The predicted octanol–water partition coefficient (Wildman–Crippen LogP) is 2.78. The van der Waals surface area contributed by atoms with Gasteiger partial charge in [0.2, 0.25) is 12.2 Å². The zero-order chi connectivity index (χ0) is 24.1. The van der Waals surface area contributed by atoms with Crippen molar-refractivity contribution in [3.8, 4) is 0 Å². The maximum Gasteiger partial charge on any atom is 0.310 e. The lowest BCUT2D eigenvalue weighted by Gasteiger charge is -2.34. The topological polar surface area (TPSA) is 115 Å². The summed E-state index contributed by atoms with van der Waals surface area (Å²) >= 11 is 0. The molecule has 3 aromatic rings. The molecular weight excluding hydrogens is 434 g/mol. The summed E-state index contributed by atoms with van der Waals surface area (Å²) in [5.74, 6) is -1.65. The van der Waals surface area contributed by atoms with Gasteiger partial charge in [-0.05, 0) is 30.2 Å². The Labute approximate surface area is 197 Å². The summed E-state index contributed by atoms with van der Waals surface area (Å²) in [7, 11) is 0. The fraction of sp³-hybridized carbons (Fsp3) is 0.269. The number of primary amides is 1. The average Bonchev–Trinajstić information content (AvgIpc) is 3.45. The summed E-state index contributed by atoms with van der Waals surface area (Å²) in [6, 6.07) is 21.0. The number of carbonyl (C=O) groups is 3. The summed E-state index contributed by atoms with van der Waals surface area (Å²) < 4.78 is 11.2. The van der Waals surface area contributed by atoms with Crippen molar-refractivity contribution in [1.82, 2.24) is 9.88 Å². The van der Waals surface area contributed by atoms with Crippen LogP contribution in [0.2, 0.25) is 0 Å². The third-order valence-electron chi connectivity index (χ3n) is 5.83. The van der Waals surface area contributed by atoms with Crippen molar-refractivity contribution < 1.29 is 23.9 Å². The number of amides is 2. The Balaban J connectivity index is 1.55. The number of cyclic esters (lactones) is 1. The van der Waals surface area contributed by atoms with Crippen molar-refractivity contribution in [1.29, 1.82) is 0 Å². The Hall–Kier alpha value is -3.91. The number of hydrogen-bond acceptors (Lipinski definition) is 5. The molecule has 0 radical (unpaired) electrons. The van der Waals surface area contributed by atoms with E-state index in [1.165, 1.54) is 11.8 Å². The van der Waals surface area contributed by atoms with Crippen molar-refractivity contribution in [2.75, 3.05) is 0 Å². The van der Waals surface area contributed by atoms with Gasteiger partial charge >= 0.3 is 5.97 Å². The number of ether oxygens (including phenoxy) is 2. The molecule has 3 atom stereocenters. The standard InChI is InChI=1S/C26H27N3O5/c1-17(24(27)31)29(22-15-23(30)34-26(22)33-16-19-10-6-3-7-11-19)25(32)21-13-12-20(28-21)14-18-8-4-2-5-9-18/h2-13,17,22,26,28H,14-16H2,1H3,(H2,27,31)/t17-,22?,26?/m0/s1. The Morgan fingerprint density at radius 2 is 1.71 bits per heavy atom. The number of hydrogen-bond donors (Lipinski definition) is 2. The first-order valence-corrected chi connectivity index (χ1v) is 11.1. The van der Waals surface area contributed by atoms with Crippen LogP contribution in [0, 0.1) is 0 Å². The minimum atomic E-state index is -1.02. The minimum Gasteiger partial charge on any atom is -0.433 e. The lowest BCUT2D eigenvalue weighted by molar-refractivity contribution is -0.171. The maximum atomic E-state index is 13.5. The van der Waals surface area contributed by atoms with E-state index in [-0.39, 0.29) is 13.0 Å². The van der Waals surface area contributed by atoms with Gasteiger partial charge in [0.25, 0.3) is 5.91 Å². The molecule has 8 nitrogen and oxygen atoms in total. The molecule has 4 rings (SSSR count). The largest absolute Gasteiger partial charge is 0.433 e. The van der Waals surface area contributed by atoms with Crippen LogP contribution in [0.4, 0.5) is 0 Å². The molecule has 1 saturated heterocycles. The van der Waals surface area contributed by atoms with Crippen LogP contribution in [-0.4, -0.2) is 46.0 Å². The van der Waals surface area contributed by atoms with Crippen LogP contribution in [-0.2, 0) is 32.1 Å². The molecule has 176 valence electrons. The third-order valence-corrected chi connectivity index (χ3v) is 5.83. The quantitative estimate of drug-likeness (QED) is 0.476. The molecule has 0 bridgehead atoms. The fourth-order valence-corrected chi connectivity index (χ4v) is 4.02. The fourth-order valence-electron chi connectivity index (χ4n) is 4.02. The molecule has 3 N–H and O–H groups in total. The summed E-state index contributed by atoms with van der Waals surface area (Å²) in [5, 5.41) is 0. The Morgan fingerprint density at radius 3 is 2.35 bits per heavy atom. The maximum absolute atomic E-state index is 13.5. The highest BCUT2D eigenvalue weighted by Gasteiger charge is 2.45. The number of H-pyrrole nitrogens is 1. The molecule has 0 saturated carbocycles. The van der Waals surface area contributed by atoms with E-state index >= 15 is 0 Å². The third kappa shape index (κ3) is 5.35. The molecule has 1 aliphatic heterocycles. The highest BCUT2D eigenvalue weighted by atomic mass is 16.7. The average molecular weight is 462 g/mol. The van der Waals surface area contributed by atoms with Crippen LogP contribution < -0.4 is 5.73 Å². The molecule has 2 aromatic carbocycles. The second-order valence-electron chi connectivity index (χ2n) is 8.28. The van der Waals surface area contributed by atoms with E-state index in [4.69, 9.17) is 15.2 Å². The molecule has 34 heavy (non-hydrogen) atoms. The summed E-state index contributed by atoms with van der Waals surface area (Å²) in [4.78, 5) is 42.2. The SMILES string of the molecule is C[C@@H](C(N)=O)N(C(=O)c1ccc(Cc2ccccc2)[nH]1)C1CC(=O)OC1OCc1ccccc1. The summed E-state index contributed by atoms with van der Waals surface area (Å²) in [5.41, 5.74) is 8.68. The van der Waals surface area contributed by atoms with Gasteiger partial charge in [-0.25, -0.2) is 0 Å². The molecule has 8 heteroatoms. The molecule has 2 heterocycles. The van der Waals surface area contributed by atoms with Gasteiger partial charge in [0.15, 0.2) is 0 Å². The number of nitrogens with zero attached hydrogens (tertiary/aromatic N) is 1. The van der Waals surface area contributed by atoms with E-state index in [2.05, 4.69) is 4.98 Å². The van der Waals surface area contributed by atoms with Crippen molar-refractivity contribution in [3.05, 3.63) is 95.3 Å². The number of nitrogens with two attached hydrogens (primary N) is 1. The normalized spacial score (nSPS) is 18.3. The smallest absolute Gasteiger partial charge is 0.310 e. The number of rotatable bonds is 9. The van der Waals surface area contributed by atoms with E-state index in [0.29, 0.717) is 12.1 Å². The second kappa shape index (κ2) is 10.4. The number of esters is 1. The van der Waals surface area contributed by atoms with Gasteiger partial charge in [0.1, 0.15) is 17.8 Å². The Morgan fingerprint density at radius 1 is 1.06 bits per heavy atom. The molecular formula is C26H27N3O5. The first-order chi connectivity index (χ1) is 16.4. The van der Waals surface area contributed by atoms with Gasteiger partial charge in [-0.3, -0.25) is 14.4 Å². The van der Waals surface area contributed by atoms with Crippen LogP contribution >= 0.6 is 0 Å². The van der Waals surface area contributed by atoms with Gasteiger partial charge in [-0.1, -0.05) is 60.7 Å². The first-order valence-electron chi connectivity index (χ1n) is 11.1. The zero-order valence-electron chi connectivity index (χ0n) is 18.8. The van der Waals surface area contributed by atoms with Gasteiger partial charge in [-0.2, -0.15) is 0 Å². The Kier molecular flexibility index (Phi) is 7.08. The molecule has 2 amide bonds. The van der Waals surface area contributed by atoms with Crippen LogP contribution in [0.5, 0.6) is 0 Å². The van der Waals surface area contributed by atoms with Crippen LogP contribution in [0.3, 0.4) is 0 Å². The molecule has 0 aliphatic carbocycles. The lowest BCUT2D eigenvalue weighted by atomic mass is 10.1. The monoisotopic (exact) mass is 461 g/mol. The van der Waals surface area contributed by atoms with Crippen LogP contribution in [0.15, 0.2) is 72.8 Å². The number of carbonyl (C=O) groups excluding carboxylic acids is 3. The van der Waals surface area contributed by atoms with Gasteiger partial charge < -0.3 is 25.1 Å². The number of aromatic nitrogens is 1. The molecule has 0 spiro atoms. The minimum absolute atomic E-state index is 0.0968. The van der Waals surface area contributed by atoms with Crippen LogP contribution in [0.25, 0.3) is 0 Å². The van der Waals surface area contributed by atoms with E-state index in [0.717, 1.165) is 16.8 Å². The molecule has 2 unspecified atom stereocenters. The van der Waals surface area contributed by atoms with Gasteiger partial charge in [-0.15, -0.1) is 0 Å². The second-order valence-corrected chi connectivity index (χ2v) is 8.28. The highest BCUT2D eigenvalue weighted by molar-refractivity contribution is 5.96. The molecule has 1 aliphatic rings. The molecule has 1 aromatic heterocycles. The zero-order valence-corrected chi connectivity index (χ0v) is 18.8. The van der Waals surface area contributed by atoms with Crippen molar-refractivity contribution in [3.63, 3.8) is 0 Å². The van der Waals surface area contributed by atoms with Crippen molar-refractivity contribution in [2.24, 2.45) is 5.73 Å². The highest BCUT2D eigenvalue weighted by Crippen LogP contribution is 2.27. The van der Waals surface area contributed by atoms with E-state index in [1.54, 1.807) is 6.07 Å². The van der Waals surface area contributed by atoms with Crippen molar-refractivity contribution >= 4 is 17.8 Å². The first kappa shape index (κ1) is 23.3. The number of aromatic amines is 1. The summed E-state index contributed by atoms with van der Waals surface area (Å²) in [6.45, 7) is 1.72. The Bertz CT molecular complexity index is 1150. The van der Waals surface area contributed by atoms with E-state index in [9.17, 15) is 14.4 Å². The number of benzene rings is 2. The lowest BCUT2D eigenvalue weighted by Crippen LogP contribution is -2.54. The predicted molar refractivity (Wildman–Crippen MR) is 124 cm³/mol. The van der Waals surface area contributed by atoms with Crippen molar-refractivity contribution in [2.45, 2.75) is 44.7 Å². The van der Waals surface area contributed by atoms with E-state index in [1.807, 2.05) is 66.7 Å².